The van der Waals surface area contributed by atoms with E-state index in [1.165, 1.54) is 0 Å². The minimum absolute atomic E-state index is 0.275. The number of likely N-dealkylation sites (N-methyl/N-ethyl adjacent to an activating group) is 1. The Kier molecular flexibility index (Phi) is 1.91. The molecule has 0 radical (unpaired) electrons. The van der Waals surface area contributed by atoms with Crippen LogP contribution in [0.2, 0.25) is 0 Å². The van der Waals surface area contributed by atoms with Crippen LogP contribution in [0.15, 0.2) is 18.5 Å². The number of aromatic nitrogens is 2. The molecule has 0 atom stereocenters. The van der Waals surface area contributed by atoms with Crippen LogP contribution in [-0.2, 0) is 0 Å². The number of rotatable bonds is 2. The zero-order chi connectivity index (χ0) is 8.39. The standard InChI is InChI=1S/C8H11N3O/c1-11-5-7(6-11)12-8-9-3-2-4-10-8/h2-4,7H,5-6H2,1H3. The van der Waals surface area contributed by atoms with Crippen molar-refractivity contribution in [1.82, 2.24) is 14.9 Å². The Bertz CT molecular complexity index is 246. The van der Waals surface area contributed by atoms with E-state index in [1.807, 2.05) is 0 Å². The largest absolute Gasteiger partial charge is 0.457 e. The number of hydrogen-bond acceptors (Lipinski definition) is 4. The predicted molar refractivity (Wildman–Crippen MR) is 43.9 cm³/mol. The van der Waals surface area contributed by atoms with Crippen LogP contribution in [-0.4, -0.2) is 41.1 Å². The van der Waals surface area contributed by atoms with Crippen LogP contribution < -0.4 is 4.74 Å². The molecule has 12 heavy (non-hydrogen) atoms. The first-order valence-electron chi connectivity index (χ1n) is 3.97. The monoisotopic (exact) mass is 165 g/mol. The van der Waals surface area contributed by atoms with Crippen molar-refractivity contribution in [1.29, 1.82) is 0 Å². The van der Waals surface area contributed by atoms with E-state index in [0.717, 1.165) is 13.1 Å². The highest BCUT2D eigenvalue weighted by Gasteiger charge is 2.25. The van der Waals surface area contributed by atoms with Gasteiger partial charge < -0.3 is 4.74 Å². The maximum atomic E-state index is 5.46. The zero-order valence-corrected chi connectivity index (χ0v) is 6.97. The van der Waals surface area contributed by atoms with Crippen molar-refractivity contribution in [3.63, 3.8) is 0 Å². The predicted octanol–water partition coefficient (Wildman–Crippen LogP) is 0.169. The molecule has 2 heterocycles. The molecular formula is C8H11N3O. The van der Waals surface area contributed by atoms with Crippen LogP contribution in [0.1, 0.15) is 0 Å². The van der Waals surface area contributed by atoms with Gasteiger partial charge in [0, 0.05) is 25.5 Å². The lowest BCUT2D eigenvalue weighted by molar-refractivity contribution is 0.0320. The summed E-state index contributed by atoms with van der Waals surface area (Å²) in [7, 11) is 2.06. The topological polar surface area (TPSA) is 38.2 Å². The van der Waals surface area contributed by atoms with E-state index >= 15 is 0 Å². The van der Waals surface area contributed by atoms with Crippen molar-refractivity contribution in [2.45, 2.75) is 6.10 Å². The van der Waals surface area contributed by atoms with Gasteiger partial charge in [0.25, 0.3) is 0 Å². The van der Waals surface area contributed by atoms with Crippen molar-refractivity contribution in [2.24, 2.45) is 0 Å². The molecule has 0 unspecified atom stereocenters. The Morgan fingerprint density at radius 3 is 2.67 bits per heavy atom. The van der Waals surface area contributed by atoms with E-state index in [2.05, 4.69) is 21.9 Å². The van der Waals surface area contributed by atoms with E-state index in [0.29, 0.717) is 6.01 Å². The van der Waals surface area contributed by atoms with Gasteiger partial charge in [-0.3, -0.25) is 4.90 Å². The first-order chi connectivity index (χ1) is 5.84. The van der Waals surface area contributed by atoms with Gasteiger partial charge in [-0.25, -0.2) is 9.97 Å². The summed E-state index contributed by atoms with van der Waals surface area (Å²) in [5, 5.41) is 0. The molecule has 1 saturated heterocycles. The average Bonchev–Trinajstić information content (AvgIpc) is 2.04. The summed E-state index contributed by atoms with van der Waals surface area (Å²) < 4.78 is 5.46. The Morgan fingerprint density at radius 2 is 2.08 bits per heavy atom. The van der Waals surface area contributed by atoms with Gasteiger partial charge >= 0.3 is 6.01 Å². The summed E-state index contributed by atoms with van der Waals surface area (Å²) in [6, 6.07) is 2.26. The third kappa shape index (κ3) is 1.53. The molecule has 0 aliphatic carbocycles. The molecule has 0 bridgehead atoms. The van der Waals surface area contributed by atoms with Gasteiger partial charge in [0.2, 0.25) is 0 Å². The molecule has 1 aromatic heterocycles. The molecule has 0 amide bonds. The van der Waals surface area contributed by atoms with Gasteiger partial charge in [-0.1, -0.05) is 0 Å². The van der Waals surface area contributed by atoms with E-state index in [1.54, 1.807) is 18.5 Å². The number of nitrogens with zero attached hydrogens (tertiary/aromatic N) is 3. The highest BCUT2D eigenvalue weighted by molar-refractivity contribution is 4.96. The molecular weight excluding hydrogens is 154 g/mol. The summed E-state index contributed by atoms with van der Waals surface area (Å²) in [6.45, 7) is 1.94. The number of likely N-dealkylation sites (tertiary alicyclic amines) is 1. The van der Waals surface area contributed by atoms with Crippen molar-refractivity contribution in [3.05, 3.63) is 18.5 Å². The molecule has 0 aromatic carbocycles. The maximum absolute atomic E-state index is 5.46. The molecule has 0 saturated carbocycles. The molecule has 1 aromatic rings. The Labute approximate surface area is 71.2 Å². The molecule has 4 heteroatoms. The van der Waals surface area contributed by atoms with E-state index < -0.39 is 0 Å². The van der Waals surface area contributed by atoms with Gasteiger partial charge in [0.1, 0.15) is 6.10 Å². The van der Waals surface area contributed by atoms with Crippen molar-refractivity contribution >= 4 is 0 Å². The fourth-order valence-electron chi connectivity index (χ4n) is 1.21. The molecule has 1 fully saturated rings. The minimum atomic E-state index is 0.275. The van der Waals surface area contributed by atoms with Crippen LogP contribution >= 0.6 is 0 Å². The summed E-state index contributed by atoms with van der Waals surface area (Å²) >= 11 is 0. The minimum Gasteiger partial charge on any atom is -0.457 e. The Hall–Kier alpha value is -1.16. The second kappa shape index (κ2) is 3.06. The smallest absolute Gasteiger partial charge is 0.316 e. The van der Waals surface area contributed by atoms with Crippen molar-refractivity contribution < 1.29 is 4.74 Å². The third-order valence-corrected chi connectivity index (χ3v) is 1.84. The summed E-state index contributed by atoms with van der Waals surface area (Å²) in [5.74, 6) is 0. The van der Waals surface area contributed by atoms with Gasteiger partial charge in [0.15, 0.2) is 0 Å². The van der Waals surface area contributed by atoms with E-state index in [9.17, 15) is 0 Å². The second-order valence-electron chi connectivity index (χ2n) is 2.99. The number of ether oxygens (including phenoxy) is 1. The van der Waals surface area contributed by atoms with Crippen LogP contribution in [0, 0.1) is 0 Å². The summed E-state index contributed by atoms with van der Waals surface area (Å²) in [5.41, 5.74) is 0. The highest BCUT2D eigenvalue weighted by Crippen LogP contribution is 2.10. The second-order valence-corrected chi connectivity index (χ2v) is 2.99. The molecule has 2 rings (SSSR count). The normalized spacial score (nSPS) is 18.8. The van der Waals surface area contributed by atoms with Gasteiger partial charge in [-0.05, 0) is 13.1 Å². The first kappa shape index (κ1) is 7.49. The molecule has 1 aliphatic rings. The highest BCUT2D eigenvalue weighted by atomic mass is 16.5. The lowest BCUT2D eigenvalue weighted by Gasteiger charge is -2.35. The Balaban J connectivity index is 1.88. The van der Waals surface area contributed by atoms with Gasteiger partial charge in [-0.2, -0.15) is 0 Å². The third-order valence-electron chi connectivity index (χ3n) is 1.84. The maximum Gasteiger partial charge on any atom is 0.316 e. The first-order valence-corrected chi connectivity index (χ1v) is 3.97. The van der Waals surface area contributed by atoms with Gasteiger partial charge in [0.05, 0.1) is 0 Å². The van der Waals surface area contributed by atoms with Gasteiger partial charge in [-0.15, -0.1) is 0 Å². The molecule has 64 valence electrons. The molecule has 1 aliphatic heterocycles. The fraction of sp³-hybridized carbons (Fsp3) is 0.500. The Morgan fingerprint density at radius 1 is 1.42 bits per heavy atom. The molecule has 4 nitrogen and oxygen atoms in total. The molecule has 0 N–H and O–H groups in total. The van der Waals surface area contributed by atoms with Crippen LogP contribution in [0.4, 0.5) is 0 Å². The summed E-state index contributed by atoms with van der Waals surface area (Å²) in [6.07, 6.45) is 3.65. The zero-order valence-electron chi connectivity index (χ0n) is 6.97. The quantitative estimate of drug-likeness (QED) is 0.626. The van der Waals surface area contributed by atoms with E-state index in [4.69, 9.17) is 4.74 Å². The number of hydrogen-bond donors (Lipinski definition) is 0. The SMILES string of the molecule is CN1CC(Oc2ncccn2)C1. The van der Waals surface area contributed by atoms with E-state index in [-0.39, 0.29) is 6.10 Å². The lowest BCUT2D eigenvalue weighted by atomic mass is 10.2. The van der Waals surface area contributed by atoms with Crippen LogP contribution in [0.25, 0.3) is 0 Å². The van der Waals surface area contributed by atoms with Crippen LogP contribution in [0.3, 0.4) is 0 Å². The molecule has 0 spiro atoms. The van der Waals surface area contributed by atoms with Crippen LogP contribution in [0.5, 0.6) is 6.01 Å². The average molecular weight is 165 g/mol. The lowest BCUT2D eigenvalue weighted by Crippen LogP contribution is -2.51. The van der Waals surface area contributed by atoms with Crippen molar-refractivity contribution in [2.75, 3.05) is 20.1 Å². The van der Waals surface area contributed by atoms with Crippen molar-refractivity contribution in [3.8, 4) is 6.01 Å². The fourth-order valence-corrected chi connectivity index (χ4v) is 1.21. The summed E-state index contributed by atoms with van der Waals surface area (Å²) in [4.78, 5) is 10.1.